The lowest BCUT2D eigenvalue weighted by Gasteiger charge is -2.35. The first-order chi connectivity index (χ1) is 12.6. The van der Waals surface area contributed by atoms with Crippen molar-refractivity contribution < 1.29 is 14.3 Å². The Labute approximate surface area is 154 Å². The number of ether oxygens (including phenoxy) is 2. The molecule has 1 N–H and O–H groups in total. The Kier molecular flexibility index (Phi) is 5.51. The summed E-state index contributed by atoms with van der Waals surface area (Å²) in [5.74, 6) is 1.52. The highest BCUT2D eigenvalue weighted by Gasteiger charge is 2.18. The van der Waals surface area contributed by atoms with E-state index in [1.165, 1.54) is 0 Å². The SMILES string of the molecule is COc1cccc(Nc2ccc(N3CCN(C(C)=O)CC3)cc2)c1OC. The van der Waals surface area contributed by atoms with Crippen LogP contribution in [-0.2, 0) is 4.79 Å². The van der Waals surface area contributed by atoms with Crippen molar-refractivity contribution in [2.24, 2.45) is 0 Å². The molecule has 1 saturated heterocycles. The molecule has 0 aromatic heterocycles. The Morgan fingerprint density at radius 2 is 1.65 bits per heavy atom. The molecule has 0 spiro atoms. The summed E-state index contributed by atoms with van der Waals surface area (Å²) in [6.45, 7) is 4.89. The van der Waals surface area contributed by atoms with Crippen LogP contribution >= 0.6 is 0 Å². The second-order valence-corrected chi connectivity index (χ2v) is 6.21. The van der Waals surface area contributed by atoms with E-state index < -0.39 is 0 Å². The lowest BCUT2D eigenvalue weighted by Crippen LogP contribution is -2.48. The Hall–Kier alpha value is -2.89. The van der Waals surface area contributed by atoms with Gasteiger partial charge < -0.3 is 24.6 Å². The lowest BCUT2D eigenvalue weighted by molar-refractivity contribution is -0.129. The van der Waals surface area contributed by atoms with Crippen molar-refractivity contribution in [3.63, 3.8) is 0 Å². The van der Waals surface area contributed by atoms with Crippen LogP contribution in [0.3, 0.4) is 0 Å². The van der Waals surface area contributed by atoms with Crippen LogP contribution in [0.1, 0.15) is 6.92 Å². The highest BCUT2D eigenvalue weighted by Crippen LogP contribution is 2.36. The first-order valence-electron chi connectivity index (χ1n) is 8.71. The minimum absolute atomic E-state index is 0.149. The van der Waals surface area contributed by atoms with E-state index in [0.717, 1.165) is 43.2 Å². The molecular weight excluding hydrogens is 330 g/mol. The quantitative estimate of drug-likeness (QED) is 0.893. The van der Waals surface area contributed by atoms with Crippen molar-refractivity contribution in [1.29, 1.82) is 0 Å². The van der Waals surface area contributed by atoms with Gasteiger partial charge in [0, 0.05) is 44.5 Å². The molecule has 0 atom stereocenters. The largest absolute Gasteiger partial charge is 0.493 e. The van der Waals surface area contributed by atoms with Crippen LogP contribution in [0.25, 0.3) is 0 Å². The van der Waals surface area contributed by atoms with Crippen molar-refractivity contribution in [3.05, 3.63) is 42.5 Å². The van der Waals surface area contributed by atoms with Crippen molar-refractivity contribution in [2.75, 3.05) is 50.6 Å². The predicted octanol–water partition coefficient (Wildman–Crippen LogP) is 3.12. The molecule has 1 aliphatic rings. The summed E-state index contributed by atoms with van der Waals surface area (Å²) in [6.07, 6.45) is 0. The fourth-order valence-electron chi connectivity index (χ4n) is 3.18. The van der Waals surface area contributed by atoms with E-state index >= 15 is 0 Å². The fourth-order valence-corrected chi connectivity index (χ4v) is 3.18. The molecule has 6 heteroatoms. The summed E-state index contributed by atoms with van der Waals surface area (Å²) in [5.41, 5.74) is 2.99. The molecule has 3 rings (SSSR count). The second kappa shape index (κ2) is 7.99. The molecule has 1 fully saturated rings. The van der Waals surface area contributed by atoms with Gasteiger partial charge in [-0.05, 0) is 36.4 Å². The third-order valence-corrected chi connectivity index (χ3v) is 4.64. The normalized spacial score (nSPS) is 14.1. The van der Waals surface area contributed by atoms with E-state index in [2.05, 4.69) is 22.3 Å². The standard InChI is InChI=1S/C20H25N3O3/c1-15(24)22-11-13-23(14-12-22)17-9-7-16(8-10-17)21-18-5-4-6-19(25-2)20(18)26-3/h4-10,21H,11-14H2,1-3H3. The highest BCUT2D eigenvalue weighted by atomic mass is 16.5. The summed E-state index contributed by atoms with van der Waals surface area (Å²) in [5, 5.41) is 3.37. The zero-order valence-electron chi connectivity index (χ0n) is 15.5. The Balaban J connectivity index is 1.68. The van der Waals surface area contributed by atoms with Gasteiger partial charge in [-0.3, -0.25) is 4.79 Å². The summed E-state index contributed by atoms with van der Waals surface area (Å²) in [4.78, 5) is 15.6. The molecule has 0 saturated carbocycles. The van der Waals surface area contributed by atoms with Crippen molar-refractivity contribution in [2.45, 2.75) is 6.92 Å². The number of amides is 1. The maximum absolute atomic E-state index is 11.4. The average molecular weight is 355 g/mol. The predicted molar refractivity (Wildman–Crippen MR) is 104 cm³/mol. The van der Waals surface area contributed by atoms with E-state index in [0.29, 0.717) is 11.5 Å². The average Bonchev–Trinajstić information content (AvgIpc) is 2.68. The van der Waals surface area contributed by atoms with Crippen LogP contribution < -0.4 is 19.7 Å². The Morgan fingerprint density at radius 1 is 0.962 bits per heavy atom. The third kappa shape index (κ3) is 3.85. The molecule has 1 heterocycles. The number of methoxy groups -OCH3 is 2. The number of benzene rings is 2. The van der Waals surface area contributed by atoms with Crippen molar-refractivity contribution in [3.8, 4) is 11.5 Å². The van der Waals surface area contributed by atoms with Crippen molar-refractivity contribution >= 4 is 23.0 Å². The van der Waals surface area contributed by atoms with Gasteiger partial charge in [0.2, 0.25) is 5.91 Å². The molecule has 26 heavy (non-hydrogen) atoms. The van der Waals surface area contributed by atoms with Crippen LogP contribution in [-0.4, -0.2) is 51.2 Å². The summed E-state index contributed by atoms with van der Waals surface area (Å²) in [6, 6.07) is 14.0. The number of para-hydroxylation sites is 1. The number of carbonyl (C=O) groups excluding carboxylic acids is 1. The maximum Gasteiger partial charge on any atom is 0.219 e. The highest BCUT2D eigenvalue weighted by molar-refractivity contribution is 5.74. The van der Waals surface area contributed by atoms with E-state index in [9.17, 15) is 4.79 Å². The van der Waals surface area contributed by atoms with Gasteiger partial charge in [-0.15, -0.1) is 0 Å². The molecule has 1 amide bonds. The van der Waals surface area contributed by atoms with Crippen molar-refractivity contribution in [1.82, 2.24) is 4.90 Å². The van der Waals surface area contributed by atoms with Crippen LogP contribution in [0.15, 0.2) is 42.5 Å². The topological polar surface area (TPSA) is 54.0 Å². The number of carbonyl (C=O) groups is 1. The molecule has 2 aromatic rings. The van der Waals surface area contributed by atoms with Crippen LogP contribution in [0.5, 0.6) is 11.5 Å². The molecule has 138 valence electrons. The van der Waals surface area contributed by atoms with Gasteiger partial charge >= 0.3 is 0 Å². The summed E-state index contributed by atoms with van der Waals surface area (Å²) < 4.78 is 10.8. The molecule has 0 unspecified atom stereocenters. The number of nitrogens with one attached hydrogen (secondary N) is 1. The van der Waals surface area contributed by atoms with Gasteiger partial charge in [0.25, 0.3) is 0 Å². The number of hydrogen-bond donors (Lipinski definition) is 1. The Bertz CT molecular complexity index is 753. The van der Waals surface area contributed by atoms with Gasteiger partial charge in [-0.1, -0.05) is 6.07 Å². The molecular formula is C20H25N3O3. The van der Waals surface area contributed by atoms with Gasteiger partial charge in [0.1, 0.15) is 0 Å². The molecule has 0 radical (unpaired) electrons. The van der Waals surface area contributed by atoms with Gasteiger partial charge in [-0.25, -0.2) is 0 Å². The van der Waals surface area contributed by atoms with Crippen LogP contribution in [0, 0.1) is 0 Å². The zero-order valence-corrected chi connectivity index (χ0v) is 15.5. The van der Waals surface area contributed by atoms with Crippen LogP contribution in [0.4, 0.5) is 17.1 Å². The minimum Gasteiger partial charge on any atom is -0.493 e. The maximum atomic E-state index is 11.4. The monoisotopic (exact) mass is 355 g/mol. The second-order valence-electron chi connectivity index (χ2n) is 6.21. The number of rotatable bonds is 5. The smallest absolute Gasteiger partial charge is 0.219 e. The fraction of sp³-hybridized carbons (Fsp3) is 0.350. The number of anilines is 3. The zero-order chi connectivity index (χ0) is 18.5. The number of nitrogens with zero attached hydrogens (tertiary/aromatic N) is 2. The van der Waals surface area contributed by atoms with Gasteiger partial charge in [0.05, 0.1) is 19.9 Å². The minimum atomic E-state index is 0.149. The molecule has 0 bridgehead atoms. The number of piperazine rings is 1. The molecule has 0 aliphatic carbocycles. The van der Waals surface area contributed by atoms with Gasteiger partial charge in [-0.2, -0.15) is 0 Å². The van der Waals surface area contributed by atoms with E-state index in [1.807, 2.05) is 35.2 Å². The molecule has 6 nitrogen and oxygen atoms in total. The first-order valence-corrected chi connectivity index (χ1v) is 8.71. The third-order valence-electron chi connectivity index (χ3n) is 4.64. The lowest BCUT2D eigenvalue weighted by atomic mass is 10.2. The number of hydrogen-bond acceptors (Lipinski definition) is 5. The molecule has 2 aromatic carbocycles. The van der Waals surface area contributed by atoms with E-state index in [-0.39, 0.29) is 5.91 Å². The Morgan fingerprint density at radius 3 is 2.23 bits per heavy atom. The van der Waals surface area contributed by atoms with E-state index in [1.54, 1.807) is 21.1 Å². The van der Waals surface area contributed by atoms with Crippen LogP contribution in [0.2, 0.25) is 0 Å². The van der Waals surface area contributed by atoms with Gasteiger partial charge in [0.15, 0.2) is 11.5 Å². The van der Waals surface area contributed by atoms with E-state index in [4.69, 9.17) is 9.47 Å². The summed E-state index contributed by atoms with van der Waals surface area (Å²) >= 11 is 0. The summed E-state index contributed by atoms with van der Waals surface area (Å²) in [7, 11) is 3.26. The molecule has 1 aliphatic heterocycles. The first kappa shape index (κ1) is 17.9.